The summed E-state index contributed by atoms with van der Waals surface area (Å²) in [7, 11) is 0. The van der Waals surface area contributed by atoms with Gasteiger partial charge in [-0.1, -0.05) is 24.3 Å². The molecule has 0 atom stereocenters. The van der Waals surface area contributed by atoms with Crippen molar-refractivity contribution in [2.45, 2.75) is 13.5 Å². The van der Waals surface area contributed by atoms with Crippen LogP contribution in [0.25, 0.3) is 10.8 Å². The Hall–Kier alpha value is -1.94. The molecule has 0 aliphatic rings. The van der Waals surface area contributed by atoms with Crippen molar-refractivity contribution in [1.82, 2.24) is 4.98 Å². The predicted molar refractivity (Wildman–Crippen MR) is 87.9 cm³/mol. The zero-order chi connectivity index (χ0) is 14.8. The summed E-state index contributed by atoms with van der Waals surface area (Å²) in [6, 6.07) is 11.4. The molecule has 0 unspecified atom stereocenters. The SMILES string of the molecule is Cc1cc(Br)c(F)cc1NCc1cncc2ccccc12. The van der Waals surface area contributed by atoms with Crippen molar-refractivity contribution in [2.24, 2.45) is 0 Å². The van der Waals surface area contributed by atoms with Crippen LogP contribution in [-0.2, 0) is 6.54 Å². The summed E-state index contributed by atoms with van der Waals surface area (Å²) in [5.41, 5.74) is 2.89. The van der Waals surface area contributed by atoms with E-state index in [1.54, 1.807) is 6.07 Å². The molecule has 0 saturated heterocycles. The highest BCUT2D eigenvalue weighted by atomic mass is 79.9. The Morgan fingerprint density at radius 3 is 2.86 bits per heavy atom. The second-order valence-electron chi connectivity index (χ2n) is 4.95. The molecule has 0 spiro atoms. The molecule has 0 bridgehead atoms. The molecule has 3 aromatic rings. The Morgan fingerprint density at radius 2 is 2.00 bits per heavy atom. The number of pyridine rings is 1. The molecule has 0 aliphatic heterocycles. The molecule has 1 N–H and O–H groups in total. The van der Waals surface area contributed by atoms with Crippen molar-refractivity contribution in [3.8, 4) is 0 Å². The Balaban J connectivity index is 1.89. The van der Waals surface area contributed by atoms with Crippen molar-refractivity contribution in [1.29, 1.82) is 0 Å². The van der Waals surface area contributed by atoms with E-state index in [-0.39, 0.29) is 5.82 Å². The van der Waals surface area contributed by atoms with Crippen LogP contribution in [0.15, 0.2) is 53.3 Å². The first-order valence-corrected chi connectivity index (χ1v) is 7.45. The molecule has 1 aromatic heterocycles. The lowest BCUT2D eigenvalue weighted by Gasteiger charge is -2.12. The second-order valence-corrected chi connectivity index (χ2v) is 5.81. The highest BCUT2D eigenvalue weighted by molar-refractivity contribution is 9.10. The van der Waals surface area contributed by atoms with Crippen molar-refractivity contribution in [3.05, 3.63) is 70.2 Å². The summed E-state index contributed by atoms with van der Waals surface area (Å²) in [6.07, 6.45) is 3.70. The maximum absolute atomic E-state index is 13.6. The fourth-order valence-electron chi connectivity index (χ4n) is 2.35. The molecule has 0 fully saturated rings. The van der Waals surface area contributed by atoms with Crippen molar-refractivity contribution in [2.75, 3.05) is 5.32 Å². The fourth-order valence-corrected chi connectivity index (χ4v) is 2.80. The van der Waals surface area contributed by atoms with Gasteiger partial charge in [0.1, 0.15) is 5.82 Å². The van der Waals surface area contributed by atoms with E-state index in [1.807, 2.05) is 37.5 Å². The third kappa shape index (κ3) is 2.90. The van der Waals surface area contributed by atoms with Gasteiger partial charge >= 0.3 is 0 Å². The van der Waals surface area contributed by atoms with E-state index in [0.717, 1.165) is 27.6 Å². The van der Waals surface area contributed by atoms with Gasteiger partial charge in [-0.25, -0.2) is 4.39 Å². The molecule has 1 heterocycles. The molecule has 3 rings (SSSR count). The smallest absolute Gasteiger partial charge is 0.139 e. The standard InChI is InChI=1S/C17H14BrFN2/c1-11-6-15(18)16(19)7-17(11)21-10-13-9-20-8-12-4-2-3-5-14(12)13/h2-9,21H,10H2,1H3. The lowest BCUT2D eigenvalue weighted by Crippen LogP contribution is -2.03. The first kappa shape index (κ1) is 14.0. The van der Waals surface area contributed by atoms with Crippen LogP contribution >= 0.6 is 15.9 Å². The molecule has 21 heavy (non-hydrogen) atoms. The van der Waals surface area contributed by atoms with Gasteiger partial charge in [-0.05, 0) is 51.5 Å². The second kappa shape index (κ2) is 5.82. The van der Waals surface area contributed by atoms with Crippen molar-refractivity contribution >= 4 is 32.4 Å². The van der Waals surface area contributed by atoms with Gasteiger partial charge in [0.05, 0.1) is 4.47 Å². The van der Waals surface area contributed by atoms with Crippen molar-refractivity contribution in [3.63, 3.8) is 0 Å². The summed E-state index contributed by atoms with van der Waals surface area (Å²) in [5.74, 6) is -0.265. The Morgan fingerprint density at radius 1 is 1.19 bits per heavy atom. The summed E-state index contributed by atoms with van der Waals surface area (Å²) in [5, 5.41) is 5.56. The summed E-state index contributed by atoms with van der Waals surface area (Å²) >= 11 is 3.20. The largest absolute Gasteiger partial charge is 0.381 e. The van der Waals surface area contributed by atoms with E-state index in [1.165, 1.54) is 6.07 Å². The quantitative estimate of drug-likeness (QED) is 0.718. The number of fused-ring (bicyclic) bond motifs is 1. The minimum Gasteiger partial charge on any atom is -0.381 e. The van der Waals surface area contributed by atoms with Crippen LogP contribution in [-0.4, -0.2) is 4.98 Å². The average molecular weight is 345 g/mol. The predicted octanol–water partition coefficient (Wildman–Crippen LogP) is 5.06. The zero-order valence-electron chi connectivity index (χ0n) is 11.5. The fraction of sp³-hybridized carbons (Fsp3) is 0.118. The Bertz CT molecular complexity index is 797. The summed E-state index contributed by atoms with van der Waals surface area (Å²) < 4.78 is 14.1. The number of hydrogen-bond acceptors (Lipinski definition) is 2. The first-order valence-electron chi connectivity index (χ1n) is 6.66. The third-order valence-corrected chi connectivity index (χ3v) is 4.10. The van der Waals surface area contributed by atoms with Gasteiger partial charge in [-0.3, -0.25) is 4.98 Å². The Kier molecular flexibility index (Phi) is 3.88. The lowest BCUT2D eigenvalue weighted by molar-refractivity contribution is 0.621. The summed E-state index contributed by atoms with van der Waals surface area (Å²) in [6.45, 7) is 2.56. The normalized spacial score (nSPS) is 10.8. The highest BCUT2D eigenvalue weighted by Gasteiger charge is 2.06. The van der Waals surface area contributed by atoms with Crippen LogP contribution in [0, 0.1) is 12.7 Å². The van der Waals surface area contributed by atoms with Crippen LogP contribution in [0.4, 0.5) is 10.1 Å². The molecular formula is C17H14BrFN2. The molecular weight excluding hydrogens is 331 g/mol. The van der Waals surface area contributed by atoms with Crippen LogP contribution in [0.5, 0.6) is 0 Å². The average Bonchev–Trinajstić information content (AvgIpc) is 2.49. The van der Waals surface area contributed by atoms with Gasteiger partial charge in [0.25, 0.3) is 0 Å². The number of nitrogens with zero attached hydrogens (tertiary/aromatic N) is 1. The molecule has 0 radical (unpaired) electrons. The van der Waals surface area contributed by atoms with Gasteiger partial charge in [0, 0.05) is 30.0 Å². The number of hydrogen-bond donors (Lipinski definition) is 1. The van der Waals surface area contributed by atoms with E-state index in [0.29, 0.717) is 11.0 Å². The third-order valence-electron chi connectivity index (χ3n) is 3.49. The number of aryl methyl sites for hydroxylation is 1. The minimum atomic E-state index is -0.265. The van der Waals surface area contributed by atoms with Gasteiger partial charge in [-0.2, -0.15) is 0 Å². The van der Waals surface area contributed by atoms with Crippen LogP contribution in [0.2, 0.25) is 0 Å². The molecule has 106 valence electrons. The van der Waals surface area contributed by atoms with E-state index in [4.69, 9.17) is 0 Å². The van der Waals surface area contributed by atoms with E-state index in [2.05, 4.69) is 32.3 Å². The van der Waals surface area contributed by atoms with E-state index < -0.39 is 0 Å². The number of rotatable bonds is 3. The zero-order valence-corrected chi connectivity index (χ0v) is 13.1. The highest BCUT2D eigenvalue weighted by Crippen LogP contribution is 2.25. The maximum Gasteiger partial charge on any atom is 0.139 e. The molecule has 2 nitrogen and oxygen atoms in total. The summed E-state index contributed by atoms with van der Waals surface area (Å²) in [4.78, 5) is 4.26. The van der Waals surface area contributed by atoms with Gasteiger partial charge in [-0.15, -0.1) is 0 Å². The number of aromatic nitrogens is 1. The molecule has 2 aromatic carbocycles. The van der Waals surface area contributed by atoms with Crippen LogP contribution in [0.3, 0.4) is 0 Å². The molecule has 0 amide bonds. The maximum atomic E-state index is 13.6. The number of nitrogens with one attached hydrogen (secondary N) is 1. The van der Waals surface area contributed by atoms with Crippen LogP contribution < -0.4 is 5.32 Å². The van der Waals surface area contributed by atoms with Gasteiger partial charge in [0.2, 0.25) is 0 Å². The minimum absolute atomic E-state index is 0.265. The monoisotopic (exact) mass is 344 g/mol. The number of halogens is 2. The van der Waals surface area contributed by atoms with E-state index in [9.17, 15) is 4.39 Å². The van der Waals surface area contributed by atoms with Gasteiger partial charge in [0.15, 0.2) is 0 Å². The van der Waals surface area contributed by atoms with Gasteiger partial charge < -0.3 is 5.32 Å². The first-order chi connectivity index (χ1) is 10.1. The molecule has 0 saturated carbocycles. The van der Waals surface area contributed by atoms with E-state index >= 15 is 0 Å². The lowest BCUT2D eigenvalue weighted by atomic mass is 10.1. The van der Waals surface area contributed by atoms with Crippen LogP contribution in [0.1, 0.15) is 11.1 Å². The molecule has 4 heteroatoms. The number of anilines is 1. The topological polar surface area (TPSA) is 24.9 Å². The number of benzene rings is 2. The Labute approximate surface area is 131 Å². The molecule has 0 aliphatic carbocycles. The van der Waals surface area contributed by atoms with Crippen molar-refractivity contribution < 1.29 is 4.39 Å².